The zero-order valence-corrected chi connectivity index (χ0v) is 21.6. The van der Waals surface area contributed by atoms with Crippen LogP contribution in [0.5, 0.6) is 0 Å². The number of carbonyl (C=O) groups excluding carboxylic acids is 1. The van der Waals surface area contributed by atoms with Gasteiger partial charge in [0, 0.05) is 73.7 Å². The minimum Gasteiger partial charge on any atom is -0.322 e. The number of hydrogen-bond acceptors (Lipinski definition) is 6. The second kappa shape index (κ2) is 11.1. The Bertz CT molecular complexity index is 1310. The Hall–Kier alpha value is -3.39. The smallest absolute Gasteiger partial charge is 0.255 e. The van der Waals surface area contributed by atoms with Gasteiger partial charge < -0.3 is 10.2 Å². The average Bonchev–Trinajstić information content (AvgIpc) is 3.37. The summed E-state index contributed by atoms with van der Waals surface area (Å²) in [5.74, 6) is -0.0924. The number of likely N-dealkylation sites (N-methyl/N-ethyl adjacent to an activating group) is 1. The zero-order chi connectivity index (χ0) is 24.9. The third-order valence-corrected chi connectivity index (χ3v) is 7.54. The van der Waals surface area contributed by atoms with Crippen LogP contribution in [0.2, 0.25) is 0 Å². The van der Waals surface area contributed by atoms with Crippen LogP contribution in [-0.4, -0.2) is 58.9 Å². The summed E-state index contributed by atoms with van der Waals surface area (Å²) in [5, 5.41) is 6.20. The first-order valence-electron chi connectivity index (χ1n) is 12.3. The van der Waals surface area contributed by atoms with Gasteiger partial charge in [0.2, 0.25) is 0 Å². The topological polar surface area (TPSA) is 61.4 Å². The van der Waals surface area contributed by atoms with Gasteiger partial charge in [0.15, 0.2) is 0 Å². The van der Waals surface area contributed by atoms with E-state index in [0.717, 1.165) is 66.7 Å². The fourth-order valence-electron chi connectivity index (χ4n) is 4.38. The third kappa shape index (κ3) is 6.05. The minimum atomic E-state index is -0.0924. The van der Waals surface area contributed by atoms with E-state index in [1.54, 1.807) is 23.7 Å². The van der Waals surface area contributed by atoms with Crippen molar-refractivity contribution in [2.75, 3.05) is 38.5 Å². The fraction of sp³-hybridized carbons (Fsp3) is 0.276. The lowest BCUT2D eigenvalue weighted by Gasteiger charge is -2.32. The van der Waals surface area contributed by atoms with Crippen LogP contribution in [0.25, 0.3) is 11.3 Å². The van der Waals surface area contributed by atoms with E-state index in [-0.39, 0.29) is 5.91 Å². The number of aryl methyl sites for hydroxylation is 1. The van der Waals surface area contributed by atoms with Crippen molar-refractivity contribution in [3.63, 3.8) is 0 Å². The molecular weight excluding hydrogens is 466 g/mol. The van der Waals surface area contributed by atoms with Gasteiger partial charge in [-0.25, -0.2) is 4.98 Å². The number of hydrogen-bond donors (Lipinski definition) is 1. The van der Waals surface area contributed by atoms with Gasteiger partial charge in [-0.15, -0.1) is 11.3 Å². The van der Waals surface area contributed by atoms with Crippen LogP contribution in [0.15, 0.2) is 72.4 Å². The number of amides is 1. The van der Waals surface area contributed by atoms with Crippen LogP contribution >= 0.6 is 11.3 Å². The third-order valence-electron chi connectivity index (χ3n) is 6.69. The molecule has 1 saturated heterocycles. The molecule has 0 radical (unpaired) electrons. The second-order valence-electron chi connectivity index (χ2n) is 9.41. The molecule has 3 heterocycles. The van der Waals surface area contributed by atoms with E-state index in [1.807, 2.05) is 30.3 Å². The van der Waals surface area contributed by atoms with Gasteiger partial charge in [-0.1, -0.05) is 18.2 Å². The summed E-state index contributed by atoms with van der Waals surface area (Å²) >= 11 is 1.65. The highest BCUT2D eigenvalue weighted by atomic mass is 32.1. The Morgan fingerprint density at radius 2 is 1.75 bits per heavy atom. The van der Waals surface area contributed by atoms with Gasteiger partial charge in [-0.05, 0) is 67.1 Å². The summed E-state index contributed by atoms with van der Waals surface area (Å²) in [5.41, 5.74) is 7.08. The molecule has 0 atom stereocenters. The number of thiazole rings is 1. The van der Waals surface area contributed by atoms with E-state index in [0.29, 0.717) is 5.56 Å². The summed E-state index contributed by atoms with van der Waals surface area (Å²) in [7, 11) is 2.17. The summed E-state index contributed by atoms with van der Waals surface area (Å²) in [6.07, 6.45) is 4.30. The number of nitrogens with one attached hydrogen (secondary N) is 1. The lowest BCUT2D eigenvalue weighted by molar-refractivity contribution is 0.102. The second-order valence-corrected chi connectivity index (χ2v) is 10.4. The molecule has 1 fully saturated rings. The highest BCUT2D eigenvalue weighted by Crippen LogP contribution is 2.25. The Morgan fingerprint density at radius 3 is 2.50 bits per heavy atom. The van der Waals surface area contributed by atoms with Crippen molar-refractivity contribution in [3.8, 4) is 11.3 Å². The SMILES string of the molecule is Cc1ccc(NC(=O)c2ccc(CN3CCN(C)CC3)cc2)cc1Cc1nc(-c2ccncc2)cs1. The summed E-state index contributed by atoms with van der Waals surface area (Å²) in [6, 6.07) is 18.0. The predicted octanol–water partition coefficient (Wildman–Crippen LogP) is 5.10. The molecule has 1 amide bonds. The first kappa shape index (κ1) is 24.3. The number of nitrogens with zero attached hydrogens (tertiary/aromatic N) is 4. The van der Waals surface area contributed by atoms with Gasteiger partial charge in [0.05, 0.1) is 10.7 Å². The van der Waals surface area contributed by atoms with Crippen molar-refractivity contribution < 1.29 is 4.79 Å². The molecule has 36 heavy (non-hydrogen) atoms. The Kier molecular flexibility index (Phi) is 7.51. The summed E-state index contributed by atoms with van der Waals surface area (Å²) in [4.78, 5) is 26.6. The first-order valence-corrected chi connectivity index (χ1v) is 13.2. The molecule has 2 aromatic carbocycles. The highest BCUT2D eigenvalue weighted by molar-refractivity contribution is 7.10. The lowest BCUT2D eigenvalue weighted by Crippen LogP contribution is -2.43. The van der Waals surface area contributed by atoms with Gasteiger partial charge >= 0.3 is 0 Å². The molecule has 7 heteroatoms. The highest BCUT2D eigenvalue weighted by Gasteiger charge is 2.15. The Morgan fingerprint density at radius 1 is 1.00 bits per heavy atom. The molecule has 0 spiro atoms. The number of piperazine rings is 1. The summed E-state index contributed by atoms with van der Waals surface area (Å²) in [6.45, 7) is 7.40. The van der Waals surface area contributed by atoms with E-state index >= 15 is 0 Å². The molecule has 0 bridgehead atoms. The van der Waals surface area contributed by atoms with Gasteiger partial charge in [-0.3, -0.25) is 14.7 Å². The van der Waals surface area contributed by atoms with Crippen molar-refractivity contribution in [1.82, 2.24) is 19.8 Å². The fourth-order valence-corrected chi connectivity index (χ4v) is 5.21. The molecule has 1 aliphatic heterocycles. The van der Waals surface area contributed by atoms with Crippen LogP contribution < -0.4 is 5.32 Å². The quantitative estimate of drug-likeness (QED) is 0.385. The van der Waals surface area contributed by atoms with Gasteiger partial charge in [0.25, 0.3) is 5.91 Å². The maximum absolute atomic E-state index is 12.9. The minimum absolute atomic E-state index is 0.0924. The van der Waals surface area contributed by atoms with Crippen LogP contribution in [0.1, 0.15) is 32.1 Å². The number of benzene rings is 2. The van der Waals surface area contributed by atoms with Crippen LogP contribution in [0.4, 0.5) is 5.69 Å². The van der Waals surface area contributed by atoms with Crippen LogP contribution in [-0.2, 0) is 13.0 Å². The van der Waals surface area contributed by atoms with Gasteiger partial charge in [-0.2, -0.15) is 0 Å². The number of rotatable bonds is 7. The number of pyridine rings is 1. The molecule has 4 aromatic rings. The molecule has 1 aliphatic rings. The van der Waals surface area contributed by atoms with E-state index in [4.69, 9.17) is 4.98 Å². The molecule has 0 aliphatic carbocycles. The average molecular weight is 498 g/mol. The maximum Gasteiger partial charge on any atom is 0.255 e. The molecule has 5 rings (SSSR count). The predicted molar refractivity (Wildman–Crippen MR) is 146 cm³/mol. The largest absolute Gasteiger partial charge is 0.322 e. The van der Waals surface area contributed by atoms with Crippen molar-refractivity contribution >= 4 is 22.9 Å². The van der Waals surface area contributed by atoms with Gasteiger partial charge in [0.1, 0.15) is 0 Å². The lowest BCUT2D eigenvalue weighted by atomic mass is 10.0. The van der Waals surface area contributed by atoms with Crippen molar-refractivity contribution in [1.29, 1.82) is 0 Å². The first-order chi connectivity index (χ1) is 17.5. The Labute approximate surface area is 216 Å². The van der Waals surface area contributed by atoms with Crippen LogP contribution in [0.3, 0.4) is 0 Å². The van der Waals surface area contributed by atoms with E-state index in [2.05, 4.69) is 63.7 Å². The molecule has 184 valence electrons. The monoisotopic (exact) mass is 497 g/mol. The standard InChI is InChI=1S/C29H31N5OS/c1-21-3-8-26(17-25(21)18-28-32-27(20-36-28)23-9-11-30-12-10-23)31-29(35)24-6-4-22(5-7-24)19-34-15-13-33(2)14-16-34/h3-12,17,20H,13-16,18-19H2,1-2H3,(H,31,35). The maximum atomic E-state index is 12.9. The molecular formula is C29H31N5OS. The Balaban J connectivity index is 1.22. The zero-order valence-electron chi connectivity index (χ0n) is 20.8. The van der Waals surface area contributed by atoms with E-state index in [9.17, 15) is 4.79 Å². The van der Waals surface area contributed by atoms with Crippen molar-refractivity contribution in [2.24, 2.45) is 0 Å². The van der Waals surface area contributed by atoms with Crippen molar-refractivity contribution in [3.05, 3.63) is 99.6 Å². The van der Waals surface area contributed by atoms with Crippen molar-refractivity contribution in [2.45, 2.75) is 19.9 Å². The van der Waals surface area contributed by atoms with E-state index < -0.39 is 0 Å². The molecule has 0 unspecified atom stereocenters. The van der Waals surface area contributed by atoms with Crippen LogP contribution in [0, 0.1) is 6.92 Å². The van der Waals surface area contributed by atoms with E-state index in [1.165, 1.54) is 11.1 Å². The number of anilines is 1. The summed E-state index contributed by atoms with van der Waals surface area (Å²) < 4.78 is 0. The molecule has 0 saturated carbocycles. The molecule has 2 aromatic heterocycles. The normalized spacial score (nSPS) is 14.6. The number of carbonyl (C=O) groups is 1. The molecule has 6 nitrogen and oxygen atoms in total. The molecule has 1 N–H and O–H groups in total. The number of aromatic nitrogens is 2.